The van der Waals surface area contributed by atoms with Crippen molar-refractivity contribution in [3.05, 3.63) is 71.5 Å². The second kappa shape index (κ2) is 8.66. The number of aromatic nitrogens is 2. The van der Waals surface area contributed by atoms with Crippen molar-refractivity contribution in [2.24, 2.45) is 18.9 Å². The van der Waals surface area contributed by atoms with Gasteiger partial charge in [0, 0.05) is 31.6 Å². The van der Waals surface area contributed by atoms with Crippen LogP contribution in [0.2, 0.25) is 0 Å². The topological polar surface area (TPSA) is 123 Å². The largest absolute Gasteiger partial charge is 0.476 e. The van der Waals surface area contributed by atoms with Gasteiger partial charge >= 0.3 is 12.1 Å². The number of ether oxygens (including phenoxy) is 1. The van der Waals surface area contributed by atoms with E-state index in [2.05, 4.69) is 40.0 Å². The molecule has 2 aromatic carbocycles. The van der Waals surface area contributed by atoms with Crippen LogP contribution in [0.4, 0.5) is 10.5 Å². The zero-order valence-corrected chi connectivity index (χ0v) is 18.5. The van der Waals surface area contributed by atoms with E-state index in [0.29, 0.717) is 13.0 Å². The number of carboxylic acids is 1. The molecule has 0 saturated heterocycles. The normalized spacial score (nSPS) is 18.0. The van der Waals surface area contributed by atoms with Gasteiger partial charge in [-0.25, -0.2) is 9.59 Å². The monoisotopic (exact) mass is 460 g/mol. The van der Waals surface area contributed by atoms with Crippen LogP contribution in [0.3, 0.4) is 0 Å². The molecular formula is C25H24N4O5. The summed E-state index contributed by atoms with van der Waals surface area (Å²) in [6, 6.07) is 16.3. The van der Waals surface area contributed by atoms with Crippen LogP contribution < -0.4 is 10.6 Å². The van der Waals surface area contributed by atoms with Gasteiger partial charge in [0.05, 0.1) is 5.69 Å². The average molecular weight is 460 g/mol. The highest BCUT2D eigenvalue weighted by Gasteiger charge is 2.43. The van der Waals surface area contributed by atoms with Crippen molar-refractivity contribution in [2.75, 3.05) is 18.5 Å². The molecule has 9 heteroatoms. The molecule has 3 N–H and O–H groups in total. The van der Waals surface area contributed by atoms with Crippen LogP contribution in [0.15, 0.2) is 54.7 Å². The first-order chi connectivity index (χ1) is 16.4. The Balaban J connectivity index is 1.12. The minimum Gasteiger partial charge on any atom is -0.476 e. The van der Waals surface area contributed by atoms with E-state index in [1.807, 2.05) is 24.3 Å². The molecule has 2 atom stereocenters. The highest BCUT2D eigenvalue weighted by atomic mass is 16.5. The molecule has 1 aromatic heterocycles. The van der Waals surface area contributed by atoms with Gasteiger partial charge in [0.15, 0.2) is 5.69 Å². The van der Waals surface area contributed by atoms with Crippen molar-refractivity contribution >= 4 is 23.7 Å². The van der Waals surface area contributed by atoms with Gasteiger partial charge in [0.2, 0.25) is 5.91 Å². The number of carbonyl (C=O) groups is 3. The van der Waals surface area contributed by atoms with E-state index in [4.69, 9.17) is 4.74 Å². The van der Waals surface area contributed by atoms with E-state index in [9.17, 15) is 19.5 Å². The quantitative estimate of drug-likeness (QED) is 0.498. The fourth-order valence-corrected chi connectivity index (χ4v) is 4.62. The summed E-state index contributed by atoms with van der Waals surface area (Å²) in [5, 5.41) is 18.4. The number of fused-ring (bicyclic) bond motifs is 3. The van der Waals surface area contributed by atoms with Gasteiger partial charge in [-0.1, -0.05) is 48.5 Å². The fraction of sp³-hybridized carbons (Fsp3) is 0.280. The number of alkyl carbamates (subject to hydrolysis) is 1. The second-order valence-corrected chi connectivity index (χ2v) is 8.67. The summed E-state index contributed by atoms with van der Waals surface area (Å²) in [4.78, 5) is 36.0. The van der Waals surface area contributed by atoms with Gasteiger partial charge in [-0.3, -0.25) is 9.48 Å². The summed E-state index contributed by atoms with van der Waals surface area (Å²) in [6.45, 7) is 0.543. The van der Waals surface area contributed by atoms with Crippen molar-refractivity contribution < 1.29 is 24.2 Å². The SMILES string of the molecule is Cn1cc(NC(=O)[C@@H]2C[C@@H]2CNC(=O)OCC2c3ccccc3-c3ccccc32)c(C(=O)O)n1. The predicted octanol–water partition coefficient (Wildman–Crippen LogP) is 3.23. The predicted molar refractivity (Wildman–Crippen MR) is 123 cm³/mol. The summed E-state index contributed by atoms with van der Waals surface area (Å²) in [5.41, 5.74) is 4.58. The number of hydrogen-bond acceptors (Lipinski definition) is 5. The number of carboxylic acid groups (broad SMARTS) is 1. The lowest BCUT2D eigenvalue weighted by Gasteiger charge is -2.14. The molecule has 9 nitrogen and oxygen atoms in total. The molecule has 34 heavy (non-hydrogen) atoms. The molecule has 3 aromatic rings. The highest BCUT2D eigenvalue weighted by molar-refractivity contribution is 6.00. The van der Waals surface area contributed by atoms with E-state index in [1.54, 1.807) is 7.05 Å². The van der Waals surface area contributed by atoms with Crippen LogP contribution in [0.25, 0.3) is 11.1 Å². The van der Waals surface area contributed by atoms with Crippen LogP contribution >= 0.6 is 0 Å². The second-order valence-electron chi connectivity index (χ2n) is 8.67. The first-order valence-electron chi connectivity index (χ1n) is 11.1. The van der Waals surface area contributed by atoms with Gasteiger partial charge in [-0.05, 0) is 34.6 Å². The molecule has 2 amide bonds. The third kappa shape index (κ3) is 4.12. The highest BCUT2D eigenvalue weighted by Crippen LogP contribution is 2.44. The Morgan fingerprint density at radius 2 is 1.74 bits per heavy atom. The molecule has 0 radical (unpaired) electrons. The Hall–Kier alpha value is -4.14. The number of nitrogens with zero attached hydrogens (tertiary/aromatic N) is 2. The van der Waals surface area contributed by atoms with Crippen LogP contribution in [0, 0.1) is 11.8 Å². The van der Waals surface area contributed by atoms with Crippen LogP contribution in [-0.2, 0) is 16.6 Å². The summed E-state index contributed by atoms with van der Waals surface area (Å²) in [7, 11) is 1.58. The van der Waals surface area contributed by atoms with E-state index < -0.39 is 12.1 Å². The van der Waals surface area contributed by atoms with E-state index in [1.165, 1.54) is 22.0 Å². The molecule has 0 bridgehead atoms. The number of carbonyl (C=O) groups excluding carboxylic acids is 2. The number of hydrogen-bond donors (Lipinski definition) is 3. The number of anilines is 1. The maximum atomic E-state index is 12.5. The number of aromatic carboxylic acids is 1. The summed E-state index contributed by atoms with van der Waals surface area (Å²) in [5.74, 6) is -1.82. The standard InChI is InChI=1S/C25H24N4O5/c1-29-12-21(22(28-29)24(31)32)27-23(30)19-10-14(19)11-26-25(33)34-13-20-17-8-4-2-6-15(17)16-7-3-5-9-18(16)20/h2-9,12,14,19-20H,10-11,13H2,1H3,(H,26,33)(H,27,30)(H,31,32)/t14-,19-/m1/s1. The lowest BCUT2D eigenvalue weighted by atomic mass is 9.98. The Morgan fingerprint density at radius 3 is 2.38 bits per heavy atom. The molecule has 174 valence electrons. The molecular weight excluding hydrogens is 436 g/mol. The van der Waals surface area contributed by atoms with Crippen LogP contribution in [0.1, 0.15) is 34.0 Å². The molecule has 1 heterocycles. The zero-order valence-electron chi connectivity index (χ0n) is 18.5. The Kier molecular flexibility index (Phi) is 5.53. The molecule has 2 aliphatic rings. The maximum Gasteiger partial charge on any atom is 0.407 e. The number of rotatable bonds is 7. The smallest absolute Gasteiger partial charge is 0.407 e. The number of benzene rings is 2. The Labute approximate surface area is 195 Å². The summed E-state index contributed by atoms with van der Waals surface area (Å²) in [6.07, 6.45) is 1.54. The van der Waals surface area contributed by atoms with Gasteiger partial charge in [-0.2, -0.15) is 5.10 Å². The molecule has 0 unspecified atom stereocenters. The van der Waals surface area contributed by atoms with Crippen molar-refractivity contribution in [3.63, 3.8) is 0 Å². The third-order valence-corrected chi connectivity index (χ3v) is 6.40. The molecule has 1 fully saturated rings. The number of aryl methyl sites for hydroxylation is 1. The summed E-state index contributed by atoms with van der Waals surface area (Å²) < 4.78 is 6.86. The van der Waals surface area contributed by atoms with E-state index >= 15 is 0 Å². The molecule has 0 aliphatic heterocycles. The minimum atomic E-state index is -1.21. The number of nitrogens with one attached hydrogen (secondary N) is 2. The molecule has 1 saturated carbocycles. The Morgan fingerprint density at radius 1 is 1.09 bits per heavy atom. The van der Waals surface area contributed by atoms with Crippen LogP contribution in [0.5, 0.6) is 0 Å². The van der Waals surface area contributed by atoms with Crippen molar-refractivity contribution in [3.8, 4) is 11.1 Å². The molecule has 2 aliphatic carbocycles. The first kappa shape index (κ1) is 21.7. The minimum absolute atomic E-state index is 0.0134. The van der Waals surface area contributed by atoms with Gasteiger partial charge < -0.3 is 20.5 Å². The van der Waals surface area contributed by atoms with E-state index in [-0.39, 0.29) is 41.6 Å². The third-order valence-electron chi connectivity index (χ3n) is 6.40. The number of amides is 2. The van der Waals surface area contributed by atoms with Crippen molar-refractivity contribution in [1.82, 2.24) is 15.1 Å². The van der Waals surface area contributed by atoms with Crippen molar-refractivity contribution in [1.29, 1.82) is 0 Å². The van der Waals surface area contributed by atoms with Gasteiger partial charge in [-0.15, -0.1) is 0 Å². The first-order valence-corrected chi connectivity index (χ1v) is 11.1. The fourth-order valence-electron chi connectivity index (χ4n) is 4.62. The summed E-state index contributed by atoms with van der Waals surface area (Å²) >= 11 is 0. The van der Waals surface area contributed by atoms with E-state index in [0.717, 1.165) is 11.1 Å². The molecule has 0 spiro atoms. The van der Waals surface area contributed by atoms with Gasteiger partial charge in [0.25, 0.3) is 0 Å². The van der Waals surface area contributed by atoms with Crippen LogP contribution in [-0.4, -0.2) is 46.0 Å². The Bertz CT molecular complexity index is 1240. The average Bonchev–Trinajstić information content (AvgIpc) is 3.42. The molecule has 5 rings (SSSR count). The van der Waals surface area contributed by atoms with Gasteiger partial charge in [0.1, 0.15) is 6.61 Å². The lowest BCUT2D eigenvalue weighted by molar-refractivity contribution is -0.117. The maximum absolute atomic E-state index is 12.5. The lowest BCUT2D eigenvalue weighted by Crippen LogP contribution is -2.29. The van der Waals surface area contributed by atoms with Crippen molar-refractivity contribution in [2.45, 2.75) is 12.3 Å². The zero-order chi connectivity index (χ0) is 23.8.